The van der Waals surface area contributed by atoms with Gasteiger partial charge in [0.25, 0.3) is 0 Å². The van der Waals surface area contributed by atoms with Crippen LogP contribution in [0.5, 0.6) is 0 Å². The van der Waals surface area contributed by atoms with Gasteiger partial charge in [-0.15, -0.1) is 0 Å². The van der Waals surface area contributed by atoms with Gasteiger partial charge in [-0.3, -0.25) is 0 Å². The summed E-state index contributed by atoms with van der Waals surface area (Å²) in [6.07, 6.45) is 1.07. The lowest BCUT2D eigenvalue weighted by Gasteiger charge is -2.19. The van der Waals surface area contributed by atoms with Crippen molar-refractivity contribution in [1.29, 1.82) is 0 Å². The van der Waals surface area contributed by atoms with Gasteiger partial charge in [0, 0.05) is 11.3 Å². The van der Waals surface area contributed by atoms with Crippen molar-refractivity contribution in [2.75, 3.05) is 12.0 Å². The van der Waals surface area contributed by atoms with Crippen LogP contribution in [0.2, 0.25) is 5.02 Å². The van der Waals surface area contributed by atoms with E-state index in [9.17, 15) is 16.8 Å². The molecule has 0 bridgehead atoms. The molecule has 2 aromatic carbocycles. The highest BCUT2D eigenvalue weighted by molar-refractivity contribution is 7.91. The zero-order valence-electron chi connectivity index (χ0n) is 13.2. The van der Waals surface area contributed by atoms with Crippen LogP contribution in [-0.2, 0) is 19.9 Å². The summed E-state index contributed by atoms with van der Waals surface area (Å²) in [6.45, 7) is 1.60. The third kappa shape index (κ3) is 4.80. The predicted molar refractivity (Wildman–Crippen MR) is 95.4 cm³/mol. The van der Waals surface area contributed by atoms with Gasteiger partial charge in [0.1, 0.15) is 9.84 Å². The Kier molecular flexibility index (Phi) is 5.70. The van der Waals surface area contributed by atoms with Gasteiger partial charge in [0.15, 0.2) is 0 Å². The second-order valence-corrected chi connectivity index (χ2v) is 9.81. The van der Waals surface area contributed by atoms with E-state index in [1.807, 2.05) is 0 Å². The number of halogens is 1. The highest BCUT2D eigenvalue weighted by Crippen LogP contribution is 2.25. The molecule has 130 valence electrons. The van der Waals surface area contributed by atoms with Crippen LogP contribution >= 0.6 is 11.6 Å². The second-order valence-electron chi connectivity index (χ2n) is 5.54. The fraction of sp³-hybridized carbons (Fsp3) is 0.250. The van der Waals surface area contributed by atoms with Crippen molar-refractivity contribution < 1.29 is 16.8 Å². The van der Waals surface area contributed by atoms with E-state index in [4.69, 9.17) is 11.6 Å². The molecule has 0 heterocycles. The molecule has 0 aromatic heterocycles. The molecule has 0 saturated heterocycles. The van der Waals surface area contributed by atoms with Crippen LogP contribution in [0, 0.1) is 6.92 Å². The van der Waals surface area contributed by atoms with Crippen LogP contribution in [0.4, 0.5) is 0 Å². The van der Waals surface area contributed by atoms with Crippen molar-refractivity contribution in [1.82, 2.24) is 4.72 Å². The van der Waals surface area contributed by atoms with Gasteiger partial charge >= 0.3 is 0 Å². The Bertz CT molecular complexity index is 926. The molecule has 1 atom stereocenters. The molecule has 2 aromatic rings. The van der Waals surface area contributed by atoms with Gasteiger partial charge in [-0.25, -0.2) is 21.6 Å². The Labute approximate surface area is 147 Å². The summed E-state index contributed by atoms with van der Waals surface area (Å²) < 4.78 is 51.3. The summed E-state index contributed by atoms with van der Waals surface area (Å²) in [5.74, 6) is -0.337. The number of benzene rings is 2. The minimum atomic E-state index is -3.93. The van der Waals surface area contributed by atoms with Crippen molar-refractivity contribution in [3.05, 3.63) is 64.7 Å². The first kappa shape index (κ1) is 18.9. The fourth-order valence-corrected chi connectivity index (χ4v) is 5.03. The van der Waals surface area contributed by atoms with E-state index in [-0.39, 0.29) is 10.6 Å². The van der Waals surface area contributed by atoms with Gasteiger partial charge in [-0.2, -0.15) is 0 Å². The van der Waals surface area contributed by atoms with Gasteiger partial charge in [-0.05, 0) is 30.2 Å². The zero-order valence-corrected chi connectivity index (χ0v) is 15.6. The van der Waals surface area contributed by atoms with E-state index in [1.54, 1.807) is 43.3 Å². The zero-order chi connectivity index (χ0) is 18.0. The summed E-state index contributed by atoms with van der Waals surface area (Å²) in [7, 11) is -7.33. The maximum atomic E-state index is 12.7. The van der Waals surface area contributed by atoms with Crippen LogP contribution in [-0.4, -0.2) is 28.8 Å². The van der Waals surface area contributed by atoms with Crippen molar-refractivity contribution in [3.8, 4) is 0 Å². The minimum Gasteiger partial charge on any atom is -0.229 e. The van der Waals surface area contributed by atoms with Crippen LogP contribution in [0.15, 0.2) is 53.4 Å². The predicted octanol–water partition coefficient (Wildman–Crippen LogP) is 2.71. The quantitative estimate of drug-likeness (QED) is 0.826. The maximum Gasteiger partial charge on any atom is 0.241 e. The van der Waals surface area contributed by atoms with E-state index in [1.165, 1.54) is 12.1 Å². The largest absolute Gasteiger partial charge is 0.241 e. The van der Waals surface area contributed by atoms with E-state index in [0.29, 0.717) is 16.1 Å². The molecular weight excluding hydrogens is 370 g/mol. The Morgan fingerprint density at radius 3 is 2.21 bits per heavy atom. The molecule has 5 nitrogen and oxygen atoms in total. The normalized spacial score (nSPS) is 13.6. The number of rotatable bonds is 6. The van der Waals surface area contributed by atoms with Gasteiger partial charge in [0.2, 0.25) is 10.0 Å². The van der Waals surface area contributed by atoms with Crippen LogP contribution < -0.4 is 4.72 Å². The number of sulfone groups is 1. The molecule has 0 saturated carbocycles. The molecule has 0 spiro atoms. The first-order chi connectivity index (χ1) is 11.1. The Morgan fingerprint density at radius 2 is 1.62 bits per heavy atom. The van der Waals surface area contributed by atoms with E-state index in [2.05, 4.69) is 4.72 Å². The van der Waals surface area contributed by atoms with Crippen LogP contribution in [0.3, 0.4) is 0 Å². The van der Waals surface area contributed by atoms with Crippen molar-refractivity contribution in [2.24, 2.45) is 0 Å². The number of nitrogens with one attached hydrogen (secondary N) is 1. The standard InChI is InChI=1S/C16H18ClNO4S2/c1-12-14(17)9-6-10-16(12)24(21,22)18-15(11-23(2,19)20)13-7-4-3-5-8-13/h3-10,15,18H,11H2,1-2H3/t15-/m0/s1. The molecule has 0 unspecified atom stereocenters. The number of hydrogen-bond acceptors (Lipinski definition) is 4. The Hall–Kier alpha value is -1.41. The molecule has 8 heteroatoms. The molecule has 0 amide bonds. The number of sulfonamides is 1. The highest BCUT2D eigenvalue weighted by Gasteiger charge is 2.26. The average Bonchev–Trinajstić information content (AvgIpc) is 2.48. The van der Waals surface area contributed by atoms with Gasteiger partial charge in [0.05, 0.1) is 16.7 Å². The third-order valence-electron chi connectivity index (χ3n) is 3.48. The Morgan fingerprint density at radius 1 is 1.00 bits per heavy atom. The molecule has 0 radical (unpaired) electrons. The topological polar surface area (TPSA) is 80.3 Å². The molecule has 0 aliphatic carbocycles. The Balaban J connectivity index is 2.43. The minimum absolute atomic E-state index is 0.0319. The molecule has 1 N–H and O–H groups in total. The summed E-state index contributed by atoms with van der Waals surface area (Å²) in [5.41, 5.74) is 0.990. The van der Waals surface area contributed by atoms with E-state index < -0.39 is 25.9 Å². The monoisotopic (exact) mass is 387 g/mol. The molecule has 0 aliphatic heterocycles. The van der Waals surface area contributed by atoms with Crippen LogP contribution in [0.25, 0.3) is 0 Å². The molecular formula is C16H18ClNO4S2. The van der Waals surface area contributed by atoms with Gasteiger partial charge < -0.3 is 0 Å². The lowest BCUT2D eigenvalue weighted by molar-refractivity contribution is 0.560. The lowest BCUT2D eigenvalue weighted by atomic mass is 10.1. The average molecular weight is 388 g/mol. The van der Waals surface area contributed by atoms with Crippen LogP contribution in [0.1, 0.15) is 17.2 Å². The molecule has 0 aliphatic rings. The molecule has 24 heavy (non-hydrogen) atoms. The van der Waals surface area contributed by atoms with Gasteiger partial charge in [-0.1, -0.05) is 48.0 Å². The third-order valence-corrected chi connectivity index (χ3v) is 6.44. The smallest absolute Gasteiger partial charge is 0.229 e. The lowest BCUT2D eigenvalue weighted by Crippen LogP contribution is -2.33. The highest BCUT2D eigenvalue weighted by atomic mass is 35.5. The summed E-state index contributed by atoms with van der Waals surface area (Å²) in [5, 5.41) is 0.331. The van der Waals surface area contributed by atoms with Crippen molar-refractivity contribution in [3.63, 3.8) is 0 Å². The van der Waals surface area contributed by atoms with Crippen molar-refractivity contribution in [2.45, 2.75) is 17.9 Å². The fourth-order valence-electron chi connectivity index (χ4n) is 2.32. The summed E-state index contributed by atoms with van der Waals surface area (Å²) in [4.78, 5) is 0.0319. The maximum absolute atomic E-state index is 12.7. The second kappa shape index (κ2) is 7.23. The van der Waals surface area contributed by atoms with E-state index >= 15 is 0 Å². The first-order valence-electron chi connectivity index (χ1n) is 7.10. The number of hydrogen-bond donors (Lipinski definition) is 1. The molecule has 2 rings (SSSR count). The van der Waals surface area contributed by atoms with E-state index in [0.717, 1.165) is 6.26 Å². The first-order valence-corrected chi connectivity index (χ1v) is 11.0. The molecule has 0 fully saturated rings. The summed E-state index contributed by atoms with van der Waals surface area (Å²) >= 11 is 5.99. The summed E-state index contributed by atoms with van der Waals surface area (Å²) in [6, 6.07) is 12.3. The SMILES string of the molecule is Cc1c(Cl)cccc1S(=O)(=O)N[C@@H](CS(C)(=O)=O)c1ccccc1. The van der Waals surface area contributed by atoms with Crippen molar-refractivity contribution >= 4 is 31.5 Å².